The first-order valence-corrected chi connectivity index (χ1v) is 7.98. The lowest BCUT2D eigenvalue weighted by Gasteiger charge is -2.10. The summed E-state index contributed by atoms with van der Waals surface area (Å²) in [6, 6.07) is 19.4. The smallest absolute Gasteiger partial charge is 0.258 e. The standard InChI is InChI=1S/C20H18FNO3/c21-16-8-10-17(11-9-16)25-14-20(23)22-12-13-24-19-7-3-5-15-4-1-2-6-18(15)19/h1-11H,12-14H2,(H,22,23). The molecular formula is C20H18FNO3. The summed E-state index contributed by atoms with van der Waals surface area (Å²) in [5.41, 5.74) is 0. The third kappa shape index (κ3) is 4.70. The Morgan fingerprint density at radius 1 is 0.920 bits per heavy atom. The maximum atomic E-state index is 12.8. The molecular weight excluding hydrogens is 321 g/mol. The van der Waals surface area contributed by atoms with Gasteiger partial charge in [-0.25, -0.2) is 4.39 Å². The number of ether oxygens (including phenoxy) is 2. The lowest BCUT2D eigenvalue weighted by atomic mass is 10.1. The van der Waals surface area contributed by atoms with E-state index in [4.69, 9.17) is 9.47 Å². The molecule has 0 heterocycles. The number of benzene rings is 3. The van der Waals surface area contributed by atoms with E-state index in [9.17, 15) is 9.18 Å². The van der Waals surface area contributed by atoms with E-state index in [1.54, 1.807) is 0 Å². The summed E-state index contributed by atoms with van der Waals surface area (Å²) in [6.07, 6.45) is 0. The molecule has 0 aliphatic carbocycles. The van der Waals surface area contributed by atoms with E-state index in [1.807, 2.05) is 42.5 Å². The van der Waals surface area contributed by atoms with Crippen LogP contribution in [0.3, 0.4) is 0 Å². The summed E-state index contributed by atoms with van der Waals surface area (Å²) in [7, 11) is 0. The third-order valence-electron chi connectivity index (χ3n) is 3.61. The minimum absolute atomic E-state index is 0.125. The van der Waals surface area contributed by atoms with Gasteiger partial charge < -0.3 is 14.8 Å². The lowest BCUT2D eigenvalue weighted by Crippen LogP contribution is -2.32. The maximum Gasteiger partial charge on any atom is 0.258 e. The van der Waals surface area contributed by atoms with Gasteiger partial charge in [-0.15, -0.1) is 0 Å². The van der Waals surface area contributed by atoms with Crippen LogP contribution in [0.5, 0.6) is 11.5 Å². The van der Waals surface area contributed by atoms with Crippen LogP contribution in [0.15, 0.2) is 66.7 Å². The van der Waals surface area contributed by atoms with Crippen LogP contribution >= 0.6 is 0 Å². The van der Waals surface area contributed by atoms with E-state index in [0.717, 1.165) is 16.5 Å². The highest BCUT2D eigenvalue weighted by molar-refractivity contribution is 5.88. The molecule has 128 valence electrons. The molecule has 3 aromatic carbocycles. The molecule has 0 spiro atoms. The molecule has 0 fully saturated rings. The van der Waals surface area contributed by atoms with Gasteiger partial charge in [0.15, 0.2) is 6.61 Å². The van der Waals surface area contributed by atoms with Crippen LogP contribution in [0.2, 0.25) is 0 Å². The quantitative estimate of drug-likeness (QED) is 0.670. The molecule has 0 saturated heterocycles. The Labute approximate surface area is 145 Å². The van der Waals surface area contributed by atoms with Gasteiger partial charge in [0.2, 0.25) is 0 Å². The summed E-state index contributed by atoms with van der Waals surface area (Å²) in [5, 5.41) is 4.87. The lowest BCUT2D eigenvalue weighted by molar-refractivity contribution is -0.123. The van der Waals surface area contributed by atoms with E-state index in [-0.39, 0.29) is 18.3 Å². The minimum Gasteiger partial charge on any atom is -0.491 e. The number of carbonyl (C=O) groups excluding carboxylic acids is 1. The van der Waals surface area contributed by atoms with Crippen LogP contribution in [-0.4, -0.2) is 25.7 Å². The minimum atomic E-state index is -0.345. The fourth-order valence-corrected chi connectivity index (χ4v) is 2.40. The molecule has 0 atom stereocenters. The van der Waals surface area contributed by atoms with Crippen molar-refractivity contribution in [2.45, 2.75) is 0 Å². The van der Waals surface area contributed by atoms with Crippen LogP contribution in [-0.2, 0) is 4.79 Å². The van der Waals surface area contributed by atoms with Crippen LogP contribution in [0, 0.1) is 5.82 Å². The molecule has 0 unspecified atom stereocenters. The average Bonchev–Trinajstić information content (AvgIpc) is 2.65. The molecule has 0 saturated carbocycles. The molecule has 1 amide bonds. The SMILES string of the molecule is O=C(COc1ccc(F)cc1)NCCOc1cccc2ccccc12. The predicted molar refractivity (Wildman–Crippen MR) is 94.3 cm³/mol. The van der Waals surface area contributed by atoms with Crippen molar-refractivity contribution in [1.29, 1.82) is 0 Å². The van der Waals surface area contributed by atoms with Crippen molar-refractivity contribution >= 4 is 16.7 Å². The summed E-state index contributed by atoms with van der Waals surface area (Å²) in [4.78, 5) is 11.7. The molecule has 25 heavy (non-hydrogen) atoms. The number of rotatable bonds is 7. The molecule has 3 aromatic rings. The van der Waals surface area contributed by atoms with Crippen molar-refractivity contribution in [3.05, 3.63) is 72.5 Å². The van der Waals surface area contributed by atoms with Crippen molar-refractivity contribution in [1.82, 2.24) is 5.32 Å². The Bertz CT molecular complexity index is 844. The number of nitrogens with one attached hydrogen (secondary N) is 1. The Balaban J connectivity index is 1.42. The fraction of sp³-hybridized carbons (Fsp3) is 0.150. The topological polar surface area (TPSA) is 47.6 Å². The number of amides is 1. The normalized spacial score (nSPS) is 10.4. The van der Waals surface area contributed by atoms with Gasteiger partial charge in [-0.3, -0.25) is 4.79 Å². The molecule has 0 aliphatic rings. The predicted octanol–water partition coefficient (Wildman–Crippen LogP) is 3.55. The maximum absolute atomic E-state index is 12.8. The molecule has 0 aromatic heterocycles. The van der Waals surface area contributed by atoms with Gasteiger partial charge >= 0.3 is 0 Å². The van der Waals surface area contributed by atoms with Gasteiger partial charge in [0.05, 0.1) is 6.54 Å². The molecule has 0 bridgehead atoms. The van der Waals surface area contributed by atoms with E-state index < -0.39 is 0 Å². The van der Waals surface area contributed by atoms with Gasteiger partial charge in [0.25, 0.3) is 5.91 Å². The number of carbonyl (C=O) groups is 1. The Morgan fingerprint density at radius 2 is 1.68 bits per heavy atom. The van der Waals surface area contributed by atoms with E-state index in [0.29, 0.717) is 18.9 Å². The highest BCUT2D eigenvalue weighted by Crippen LogP contribution is 2.24. The molecule has 0 radical (unpaired) electrons. The van der Waals surface area contributed by atoms with Gasteiger partial charge in [-0.2, -0.15) is 0 Å². The first kappa shape index (κ1) is 16.8. The number of hydrogen-bond donors (Lipinski definition) is 1. The van der Waals surface area contributed by atoms with Crippen molar-refractivity contribution in [2.75, 3.05) is 19.8 Å². The largest absolute Gasteiger partial charge is 0.491 e. The zero-order valence-electron chi connectivity index (χ0n) is 13.6. The van der Waals surface area contributed by atoms with Gasteiger partial charge in [-0.1, -0.05) is 36.4 Å². The Hall–Kier alpha value is -3.08. The summed E-state index contributed by atoms with van der Waals surface area (Å²) in [6.45, 7) is 0.602. The van der Waals surface area contributed by atoms with Crippen molar-refractivity contribution < 1.29 is 18.7 Å². The highest BCUT2D eigenvalue weighted by atomic mass is 19.1. The number of hydrogen-bond acceptors (Lipinski definition) is 3. The van der Waals surface area contributed by atoms with Crippen LogP contribution in [0.1, 0.15) is 0 Å². The summed E-state index contributed by atoms with van der Waals surface area (Å²) in [5.74, 6) is 0.631. The zero-order chi connectivity index (χ0) is 17.5. The second-order valence-corrected chi connectivity index (χ2v) is 5.42. The van der Waals surface area contributed by atoms with Gasteiger partial charge in [-0.05, 0) is 35.7 Å². The number of fused-ring (bicyclic) bond motifs is 1. The van der Waals surface area contributed by atoms with Crippen LogP contribution in [0.25, 0.3) is 10.8 Å². The monoisotopic (exact) mass is 339 g/mol. The van der Waals surface area contributed by atoms with Crippen molar-refractivity contribution in [2.24, 2.45) is 0 Å². The fourth-order valence-electron chi connectivity index (χ4n) is 2.40. The Morgan fingerprint density at radius 3 is 2.52 bits per heavy atom. The highest BCUT2D eigenvalue weighted by Gasteiger charge is 2.04. The first-order valence-electron chi connectivity index (χ1n) is 7.98. The van der Waals surface area contributed by atoms with Crippen molar-refractivity contribution in [3.63, 3.8) is 0 Å². The van der Waals surface area contributed by atoms with Gasteiger partial charge in [0, 0.05) is 5.39 Å². The van der Waals surface area contributed by atoms with E-state index in [1.165, 1.54) is 24.3 Å². The molecule has 3 rings (SSSR count). The van der Waals surface area contributed by atoms with Crippen LogP contribution < -0.4 is 14.8 Å². The van der Waals surface area contributed by atoms with E-state index >= 15 is 0 Å². The Kier molecular flexibility index (Phi) is 5.46. The molecule has 5 heteroatoms. The molecule has 0 aliphatic heterocycles. The van der Waals surface area contributed by atoms with Crippen LogP contribution in [0.4, 0.5) is 4.39 Å². The zero-order valence-corrected chi connectivity index (χ0v) is 13.6. The average molecular weight is 339 g/mol. The van der Waals surface area contributed by atoms with Gasteiger partial charge in [0.1, 0.15) is 23.9 Å². The molecule has 1 N–H and O–H groups in total. The molecule has 4 nitrogen and oxygen atoms in total. The first-order chi connectivity index (χ1) is 12.2. The summed E-state index contributed by atoms with van der Waals surface area (Å²) >= 11 is 0. The van der Waals surface area contributed by atoms with E-state index in [2.05, 4.69) is 5.32 Å². The third-order valence-corrected chi connectivity index (χ3v) is 3.61. The second-order valence-electron chi connectivity index (χ2n) is 5.42. The summed E-state index contributed by atoms with van der Waals surface area (Å²) < 4.78 is 23.8. The number of halogens is 1. The van der Waals surface area contributed by atoms with Crippen molar-refractivity contribution in [3.8, 4) is 11.5 Å². The second kappa shape index (κ2) is 8.15.